The highest BCUT2D eigenvalue weighted by atomic mass is 35.5. The molecule has 0 atom stereocenters. The first-order chi connectivity index (χ1) is 15.9. The molecule has 4 rings (SSSR count). The Kier molecular flexibility index (Phi) is 6.66. The van der Waals surface area contributed by atoms with Gasteiger partial charge in [0.1, 0.15) is 11.8 Å². The summed E-state index contributed by atoms with van der Waals surface area (Å²) in [5.41, 5.74) is 3.73. The molecule has 0 saturated heterocycles. The SMILES string of the molecule is CC(=O)N(CC1CC1)c1ccc(-c2ccc(C(=O)NCc3ccc(C#N)nc3)cn2)cc1Cl. The van der Waals surface area contributed by atoms with Gasteiger partial charge in [-0.1, -0.05) is 23.7 Å². The number of aromatic nitrogens is 2. The van der Waals surface area contributed by atoms with Crippen LogP contribution in [0.15, 0.2) is 54.9 Å². The number of halogens is 1. The van der Waals surface area contributed by atoms with Crippen molar-refractivity contribution in [3.05, 3.63) is 76.7 Å². The zero-order valence-electron chi connectivity index (χ0n) is 18.1. The lowest BCUT2D eigenvalue weighted by Gasteiger charge is -2.22. The van der Waals surface area contributed by atoms with E-state index in [-0.39, 0.29) is 11.8 Å². The van der Waals surface area contributed by atoms with Gasteiger partial charge < -0.3 is 10.2 Å². The quantitative estimate of drug-likeness (QED) is 0.565. The van der Waals surface area contributed by atoms with Gasteiger partial charge in [-0.3, -0.25) is 14.6 Å². The molecule has 2 aromatic heterocycles. The lowest BCUT2D eigenvalue weighted by molar-refractivity contribution is -0.116. The number of amides is 2. The van der Waals surface area contributed by atoms with E-state index < -0.39 is 0 Å². The van der Waals surface area contributed by atoms with E-state index in [9.17, 15) is 9.59 Å². The molecule has 7 nitrogen and oxygen atoms in total. The molecule has 1 aliphatic rings. The number of hydrogen-bond donors (Lipinski definition) is 1. The molecule has 3 aromatic rings. The van der Waals surface area contributed by atoms with E-state index in [4.69, 9.17) is 16.9 Å². The zero-order valence-corrected chi connectivity index (χ0v) is 18.8. The fourth-order valence-electron chi connectivity index (χ4n) is 3.42. The van der Waals surface area contributed by atoms with Crippen LogP contribution in [0.3, 0.4) is 0 Å². The number of nitriles is 1. The molecule has 2 amide bonds. The summed E-state index contributed by atoms with van der Waals surface area (Å²) < 4.78 is 0. The highest BCUT2D eigenvalue weighted by Gasteiger charge is 2.27. The van der Waals surface area contributed by atoms with E-state index in [1.165, 1.54) is 6.20 Å². The van der Waals surface area contributed by atoms with Crippen LogP contribution in [0.25, 0.3) is 11.3 Å². The van der Waals surface area contributed by atoms with Gasteiger partial charge in [0.25, 0.3) is 5.91 Å². The number of hydrogen-bond acceptors (Lipinski definition) is 5. The maximum atomic E-state index is 12.4. The molecular weight excluding hydrogens is 438 g/mol. The predicted molar refractivity (Wildman–Crippen MR) is 126 cm³/mol. The summed E-state index contributed by atoms with van der Waals surface area (Å²) in [7, 11) is 0. The molecule has 166 valence electrons. The van der Waals surface area contributed by atoms with E-state index in [1.807, 2.05) is 18.2 Å². The van der Waals surface area contributed by atoms with Crippen LogP contribution in [-0.4, -0.2) is 28.3 Å². The molecule has 0 aliphatic heterocycles. The molecule has 33 heavy (non-hydrogen) atoms. The van der Waals surface area contributed by atoms with Crippen molar-refractivity contribution in [3.8, 4) is 17.3 Å². The summed E-state index contributed by atoms with van der Waals surface area (Å²) >= 11 is 6.51. The smallest absolute Gasteiger partial charge is 0.253 e. The van der Waals surface area contributed by atoms with Crippen molar-refractivity contribution in [3.63, 3.8) is 0 Å². The van der Waals surface area contributed by atoms with E-state index in [2.05, 4.69) is 15.3 Å². The van der Waals surface area contributed by atoms with Crippen molar-refractivity contribution >= 4 is 29.1 Å². The highest BCUT2D eigenvalue weighted by Crippen LogP contribution is 2.35. The number of nitrogens with zero attached hydrogens (tertiary/aromatic N) is 4. The van der Waals surface area contributed by atoms with E-state index in [0.29, 0.717) is 46.7 Å². The third-order valence-electron chi connectivity index (χ3n) is 5.47. The number of nitrogens with one attached hydrogen (secondary N) is 1. The van der Waals surface area contributed by atoms with Crippen LogP contribution < -0.4 is 10.2 Å². The first-order valence-corrected chi connectivity index (χ1v) is 11.0. The molecule has 1 aliphatic carbocycles. The minimum absolute atomic E-state index is 0.0261. The molecule has 1 saturated carbocycles. The number of anilines is 1. The molecule has 2 heterocycles. The average Bonchev–Trinajstić information content (AvgIpc) is 3.66. The number of pyridine rings is 2. The largest absolute Gasteiger partial charge is 0.348 e. The molecule has 1 aromatic carbocycles. The molecule has 1 N–H and O–H groups in total. The number of carbonyl (C=O) groups excluding carboxylic acids is 2. The second-order valence-electron chi connectivity index (χ2n) is 8.02. The average molecular weight is 460 g/mol. The maximum Gasteiger partial charge on any atom is 0.253 e. The van der Waals surface area contributed by atoms with E-state index in [0.717, 1.165) is 24.0 Å². The van der Waals surface area contributed by atoms with Gasteiger partial charge in [-0.15, -0.1) is 0 Å². The van der Waals surface area contributed by atoms with Gasteiger partial charge in [0.15, 0.2) is 0 Å². The Morgan fingerprint density at radius 1 is 1.15 bits per heavy atom. The molecule has 8 heteroatoms. The maximum absolute atomic E-state index is 12.4. The lowest BCUT2D eigenvalue weighted by Crippen LogP contribution is -2.30. The zero-order chi connectivity index (χ0) is 23.4. The summed E-state index contributed by atoms with van der Waals surface area (Å²) in [5.74, 6) is 0.268. The van der Waals surface area contributed by atoms with Gasteiger partial charge in [-0.05, 0) is 54.7 Å². The van der Waals surface area contributed by atoms with Crippen molar-refractivity contribution in [1.82, 2.24) is 15.3 Å². The second-order valence-corrected chi connectivity index (χ2v) is 8.42. The van der Waals surface area contributed by atoms with Gasteiger partial charge in [0.2, 0.25) is 5.91 Å². The van der Waals surface area contributed by atoms with Crippen LogP contribution in [0.1, 0.15) is 41.4 Å². The Morgan fingerprint density at radius 3 is 2.55 bits per heavy atom. The van der Waals surface area contributed by atoms with Gasteiger partial charge in [-0.25, -0.2) is 4.98 Å². The van der Waals surface area contributed by atoms with Crippen molar-refractivity contribution in [2.45, 2.75) is 26.3 Å². The van der Waals surface area contributed by atoms with Crippen LogP contribution >= 0.6 is 11.6 Å². The molecule has 1 fully saturated rings. The van der Waals surface area contributed by atoms with Gasteiger partial charge in [0, 0.05) is 38.0 Å². The first kappa shape index (κ1) is 22.4. The van der Waals surface area contributed by atoms with Gasteiger partial charge >= 0.3 is 0 Å². The Labute approximate surface area is 197 Å². The van der Waals surface area contributed by atoms with Gasteiger partial charge in [-0.2, -0.15) is 5.26 Å². The third kappa shape index (κ3) is 5.54. The van der Waals surface area contributed by atoms with Gasteiger partial charge in [0.05, 0.1) is 22.0 Å². The van der Waals surface area contributed by atoms with Crippen molar-refractivity contribution < 1.29 is 9.59 Å². The first-order valence-electron chi connectivity index (χ1n) is 10.6. The second kappa shape index (κ2) is 9.80. The van der Waals surface area contributed by atoms with E-state index in [1.54, 1.807) is 48.4 Å². The van der Waals surface area contributed by atoms with Crippen molar-refractivity contribution in [2.24, 2.45) is 5.92 Å². The van der Waals surface area contributed by atoms with Crippen LogP contribution in [0.4, 0.5) is 5.69 Å². The number of benzene rings is 1. The Hall–Kier alpha value is -3.76. The van der Waals surface area contributed by atoms with Crippen LogP contribution in [0, 0.1) is 17.2 Å². The highest BCUT2D eigenvalue weighted by molar-refractivity contribution is 6.34. The van der Waals surface area contributed by atoms with Crippen molar-refractivity contribution in [1.29, 1.82) is 5.26 Å². The Bertz CT molecular complexity index is 1220. The van der Waals surface area contributed by atoms with Crippen LogP contribution in [-0.2, 0) is 11.3 Å². The monoisotopic (exact) mass is 459 g/mol. The minimum atomic E-state index is -0.260. The summed E-state index contributed by atoms with van der Waals surface area (Å²) in [4.78, 5) is 34.7. The molecular formula is C25H22ClN5O2. The standard InChI is InChI=1S/C25H22ClN5O2/c1-16(32)31(15-17-2-3-17)24-9-6-19(10-22(24)26)23-8-5-20(14-29-23)25(33)30-13-18-4-7-21(11-27)28-12-18/h4-10,12,14,17H,2-3,13,15H2,1H3,(H,30,33). The number of rotatable bonds is 7. The summed E-state index contributed by atoms with van der Waals surface area (Å²) in [6.07, 6.45) is 5.37. The Balaban J connectivity index is 1.42. The Morgan fingerprint density at radius 2 is 1.97 bits per heavy atom. The molecule has 0 radical (unpaired) electrons. The molecule has 0 bridgehead atoms. The summed E-state index contributed by atoms with van der Waals surface area (Å²) in [5, 5.41) is 12.1. The summed E-state index contributed by atoms with van der Waals surface area (Å²) in [6, 6.07) is 14.3. The third-order valence-corrected chi connectivity index (χ3v) is 5.77. The predicted octanol–water partition coefficient (Wildman–Crippen LogP) is 4.36. The van der Waals surface area contributed by atoms with Crippen LogP contribution in [0.5, 0.6) is 0 Å². The molecule has 0 unspecified atom stereocenters. The summed E-state index contributed by atoms with van der Waals surface area (Å²) in [6.45, 7) is 2.54. The van der Waals surface area contributed by atoms with Crippen LogP contribution in [0.2, 0.25) is 5.02 Å². The topological polar surface area (TPSA) is 99.0 Å². The fourth-order valence-corrected chi connectivity index (χ4v) is 3.70. The molecule has 0 spiro atoms. The normalized spacial score (nSPS) is 12.6. The van der Waals surface area contributed by atoms with E-state index >= 15 is 0 Å². The fraction of sp³-hybridized carbons (Fsp3) is 0.240. The minimum Gasteiger partial charge on any atom is -0.348 e. The number of carbonyl (C=O) groups is 2. The lowest BCUT2D eigenvalue weighted by atomic mass is 10.1. The van der Waals surface area contributed by atoms with Crippen molar-refractivity contribution in [2.75, 3.05) is 11.4 Å².